The molecule has 4 heteroatoms. The van der Waals surface area contributed by atoms with E-state index in [-0.39, 0.29) is 18.4 Å². The van der Waals surface area contributed by atoms with Crippen molar-refractivity contribution < 1.29 is 14.6 Å². The smallest absolute Gasteiger partial charge is 0.223 e. The molecule has 1 aromatic rings. The second-order valence-corrected chi connectivity index (χ2v) is 6.17. The van der Waals surface area contributed by atoms with E-state index in [4.69, 9.17) is 4.74 Å². The summed E-state index contributed by atoms with van der Waals surface area (Å²) in [5.74, 6) is 0.0559. The van der Waals surface area contributed by atoms with Crippen molar-refractivity contribution in [2.24, 2.45) is 5.92 Å². The first-order chi connectivity index (χ1) is 10.0. The molecule has 0 saturated heterocycles. The molecule has 0 spiro atoms. The Bertz CT molecular complexity index is 485. The zero-order valence-electron chi connectivity index (χ0n) is 12.9. The summed E-state index contributed by atoms with van der Waals surface area (Å²) in [6.45, 7) is 2.48. The van der Waals surface area contributed by atoms with Gasteiger partial charge in [-0.25, -0.2) is 0 Å². The molecule has 2 atom stereocenters. The van der Waals surface area contributed by atoms with Crippen LogP contribution in [0.5, 0.6) is 0 Å². The average Bonchev–Trinajstić information content (AvgIpc) is 2.50. The fraction of sp³-hybridized carbons (Fsp3) is 0.588. The van der Waals surface area contributed by atoms with Gasteiger partial charge in [0.05, 0.1) is 5.60 Å². The second kappa shape index (κ2) is 7.05. The van der Waals surface area contributed by atoms with E-state index < -0.39 is 5.60 Å². The average molecular weight is 291 g/mol. The lowest BCUT2D eigenvalue weighted by Crippen LogP contribution is -2.44. The van der Waals surface area contributed by atoms with Gasteiger partial charge in [0.15, 0.2) is 0 Å². The maximum absolute atomic E-state index is 12.3. The van der Waals surface area contributed by atoms with E-state index in [0.717, 1.165) is 19.3 Å². The van der Waals surface area contributed by atoms with Crippen LogP contribution in [0.4, 0.5) is 0 Å². The normalized spacial score (nSPS) is 20.4. The molecule has 1 aliphatic carbocycles. The van der Waals surface area contributed by atoms with E-state index in [1.807, 2.05) is 12.1 Å². The molecule has 0 radical (unpaired) electrons. The van der Waals surface area contributed by atoms with Gasteiger partial charge in [0.1, 0.15) is 0 Å². The number of carbonyl (C=O) groups excluding carboxylic acids is 1. The number of hydrogen-bond donors (Lipinski definition) is 2. The highest BCUT2D eigenvalue weighted by Crippen LogP contribution is 2.25. The minimum atomic E-state index is -0.918. The maximum atomic E-state index is 12.3. The lowest BCUT2D eigenvalue weighted by Gasteiger charge is -2.27. The Morgan fingerprint density at radius 2 is 2.14 bits per heavy atom. The van der Waals surface area contributed by atoms with E-state index in [9.17, 15) is 9.90 Å². The fourth-order valence-electron chi connectivity index (χ4n) is 2.75. The van der Waals surface area contributed by atoms with Gasteiger partial charge in [0, 0.05) is 32.6 Å². The molecule has 0 aliphatic heterocycles. The predicted octanol–water partition coefficient (Wildman–Crippen LogP) is 1.70. The first-order valence-corrected chi connectivity index (χ1v) is 7.57. The van der Waals surface area contributed by atoms with E-state index in [1.54, 1.807) is 14.0 Å². The second-order valence-electron chi connectivity index (χ2n) is 6.17. The number of fused-ring (bicyclic) bond motifs is 1. The van der Waals surface area contributed by atoms with E-state index in [1.165, 1.54) is 11.1 Å². The van der Waals surface area contributed by atoms with Gasteiger partial charge in [-0.05, 0) is 37.3 Å². The van der Waals surface area contributed by atoms with Gasteiger partial charge in [0.25, 0.3) is 0 Å². The number of hydrogen-bond acceptors (Lipinski definition) is 3. The van der Waals surface area contributed by atoms with Gasteiger partial charge < -0.3 is 15.2 Å². The third-order valence-electron chi connectivity index (χ3n) is 4.21. The summed E-state index contributed by atoms with van der Waals surface area (Å²) in [6.07, 6.45) is 3.14. The molecular weight excluding hydrogens is 266 g/mol. The van der Waals surface area contributed by atoms with Crippen molar-refractivity contribution in [2.75, 3.05) is 20.3 Å². The Labute approximate surface area is 126 Å². The summed E-state index contributed by atoms with van der Waals surface area (Å²) in [5.41, 5.74) is 1.71. The summed E-state index contributed by atoms with van der Waals surface area (Å²) in [4.78, 5) is 12.3. The van der Waals surface area contributed by atoms with Gasteiger partial charge in [-0.1, -0.05) is 24.3 Å². The molecule has 0 aromatic heterocycles. The van der Waals surface area contributed by atoms with Crippen LogP contribution in [-0.4, -0.2) is 36.9 Å². The highest BCUT2D eigenvalue weighted by Gasteiger charge is 2.27. The summed E-state index contributed by atoms with van der Waals surface area (Å²) >= 11 is 0. The lowest BCUT2D eigenvalue weighted by molar-refractivity contribution is -0.126. The summed E-state index contributed by atoms with van der Waals surface area (Å²) in [6, 6.07) is 8.31. The largest absolute Gasteiger partial charge is 0.388 e. The highest BCUT2D eigenvalue weighted by atomic mass is 16.5. The predicted molar refractivity (Wildman–Crippen MR) is 82.1 cm³/mol. The molecule has 1 aliphatic rings. The lowest BCUT2D eigenvalue weighted by atomic mass is 9.83. The summed E-state index contributed by atoms with van der Waals surface area (Å²) in [5, 5.41) is 13.0. The van der Waals surface area contributed by atoms with Gasteiger partial charge in [0.2, 0.25) is 5.91 Å². The Morgan fingerprint density at radius 3 is 2.86 bits per heavy atom. The molecular formula is C17H25NO3. The van der Waals surface area contributed by atoms with Crippen LogP contribution in [0.15, 0.2) is 24.3 Å². The van der Waals surface area contributed by atoms with Crippen LogP contribution in [0.3, 0.4) is 0 Å². The van der Waals surface area contributed by atoms with Crippen molar-refractivity contribution >= 4 is 5.91 Å². The number of aliphatic hydroxyl groups is 1. The van der Waals surface area contributed by atoms with Crippen LogP contribution in [0.25, 0.3) is 0 Å². The summed E-state index contributed by atoms with van der Waals surface area (Å²) < 4.78 is 4.97. The third kappa shape index (κ3) is 4.55. The SMILES string of the molecule is COCCC(C)(O)CNC(=O)C1CCc2ccccc2C1. The number of methoxy groups -OCH3 is 1. The van der Waals surface area contributed by atoms with E-state index in [0.29, 0.717) is 13.0 Å². The van der Waals surface area contributed by atoms with Crippen molar-refractivity contribution in [3.05, 3.63) is 35.4 Å². The molecule has 0 bridgehead atoms. The minimum absolute atomic E-state index is 0.0122. The van der Waals surface area contributed by atoms with Crippen LogP contribution in [0.2, 0.25) is 0 Å². The van der Waals surface area contributed by atoms with Gasteiger partial charge in [-0.2, -0.15) is 0 Å². The number of nitrogens with one attached hydrogen (secondary N) is 1. The number of amides is 1. The Hall–Kier alpha value is -1.39. The first kappa shape index (κ1) is 16.0. The number of aryl methyl sites for hydroxylation is 1. The molecule has 2 rings (SSSR count). The van der Waals surface area contributed by atoms with Crippen molar-refractivity contribution in [2.45, 2.75) is 38.2 Å². The van der Waals surface area contributed by atoms with Crippen LogP contribution < -0.4 is 5.32 Å². The van der Waals surface area contributed by atoms with Crippen molar-refractivity contribution in [1.82, 2.24) is 5.32 Å². The molecule has 0 saturated carbocycles. The minimum Gasteiger partial charge on any atom is -0.388 e. The van der Waals surface area contributed by atoms with Gasteiger partial charge >= 0.3 is 0 Å². The molecule has 21 heavy (non-hydrogen) atoms. The highest BCUT2D eigenvalue weighted by molar-refractivity contribution is 5.79. The molecule has 1 aromatic carbocycles. The molecule has 0 heterocycles. The quantitative estimate of drug-likeness (QED) is 0.838. The van der Waals surface area contributed by atoms with Crippen LogP contribution >= 0.6 is 0 Å². The van der Waals surface area contributed by atoms with Crippen molar-refractivity contribution in [3.8, 4) is 0 Å². The van der Waals surface area contributed by atoms with Crippen molar-refractivity contribution in [3.63, 3.8) is 0 Å². The topological polar surface area (TPSA) is 58.6 Å². The Kier molecular flexibility index (Phi) is 5.37. The van der Waals surface area contributed by atoms with E-state index >= 15 is 0 Å². The molecule has 1 amide bonds. The maximum Gasteiger partial charge on any atom is 0.223 e. The fourth-order valence-corrected chi connectivity index (χ4v) is 2.75. The van der Waals surface area contributed by atoms with Crippen LogP contribution in [0.1, 0.15) is 30.9 Å². The van der Waals surface area contributed by atoms with Gasteiger partial charge in [-0.15, -0.1) is 0 Å². The van der Waals surface area contributed by atoms with E-state index in [2.05, 4.69) is 17.4 Å². The number of ether oxygens (including phenoxy) is 1. The standard InChI is InChI=1S/C17H25NO3/c1-17(20,9-10-21-2)12-18-16(19)15-8-7-13-5-3-4-6-14(13)11-15/h3-6,15,20H,7-12H2,1-2H3,(H,18,19). The molecule has 4 nitrogen and oxygen atoms in total. The number of rotatable bonds is 6. The zero-order chi connectivity index (χ0) is 15.3. The molecule has 0 fully saturated rings. The van der Waals surface area contributed by atoms with Crippen LogP contribution in [0, 0.1) is 5.92 Å². The van der Waals surface area contributed by atoms with Crippen molar-refractivity contribution in [1.29, 1.82) is 0 Å². The number of benzene rings is 1. The number of carbonyl (C=O) groups is 1. The molecule has 116 valence electrons. The first-order valence-electron chi connectivity index (χ1n) is 7.57. The summed E-state index contributed by atoms with van der Waals surface area (Å²) in [7, 11) is 1.61. The molecule has 2 N–H and O–H groups in total. The Morgan fingerprint density at radius 1 is 1.43 bits per heavy atom. The molecule has 2 unspecified atom stereocenters. The monoisotopic (exact) mass is 291 g/mol. The van der Waals surface area contributed by atoms with Gasteiger partial charge in [-0.3, -0.25) is 4.79 Å². The third-order valence-corrected chi connectivity index (χ3v) is 4.21. The Balaban J connectivity index is 1.85. The zero-order valence-corrected chi connectivity index (χ0v) is 12.9. The van der Waals surface area contributed by atoms with Crippen LogP contribution in [-0.2, 0) is 22.4 Å².